The first-order chi connectivity index (χ1) is 8.19. The van der Waals surface area contributed by atoms with Gasteiger partial charge < -0.3 is 16.4 Å². The molecule has 4 heteroatoms. The summed E-state index contributed by atoms with van der Waals surface area (Å²) in [4.78, 5) is 11.6. The van der Waals surface area contributed by atoms with Crippen molar-refractivity contribution in [2.75, 3.05) is 24.1 Å². The zero-order chi connectivity index (χ0) is 12.7. The average molecular weight is 233 g/mol. The molecule has 0 aliphatic carbocycles. The van der Waals surface area contributed by atoms with E-state index in [0.717, 1.165) is 18.7 Å². The molecule has 0 spiro atoms. The van der Waals surface area contributed by atoms with Crippen LogP contribution in [0.25, 0.3) is 0 Å². The molecule has 92 valence electrons. The summed E-state index contributed by atoms with van der Waals surface area (Å²) < 4.78 is 0. The SMILES string of the molecule is C=CCCNc1cc(C(=O)NCC)ccc1N. The number of carbonyl (C=O) groups excluding carboxylic acids is 1. The Morgan fingerprint density at radius 3 is 2.94 bits per heavy atom. The van der Waals surface area contributed by atoms with Gasteiger partial charge in [0.15, 0.2) is 0 Å². The second-order valence-electron chi connectivity index (χ2n) is 3.67. The topological polar surface area (TPSA) is 67.2 Å². The molecule has 1 rings (SSSR count). The van der Waals surface area contributed by atoms with Gasteiger partial charge in [-0.15, -0.1) is 6.58 Å². The highest BCUT2D eigenvalue weighted by Crippen LogP contribution is 2.19. The van der Waals surface area contributed by atoms with Gasteiger partial charge in [0.2, 0.25) is 0 Å². The molecule has 17 heavy (non-hydrogen) atoms. The lowest BCUT2D eigenvalue weighted by molar-refractivity contribution is 0.0956. The quantitative estimate of drug-likeness (QED) is 0.400. The molecule has 1 aromatic carbocycles. The van der Waals surface area contributed by atoms with Gasteiger partial charge in [-0.25, -0.2) is 0 Å². The van der Waals surface area contributed by atoms with Gasteiger partial charge >= 0.3 is 0 Å². The highest BCUT2D eigenvalue weighted by Gasteiger charge is 2.06. The first-order valence-corrected chi connectivity index (χ1v) is 5.71. The number of nitrogens with one attached hydrogen (secondary N) is 2. The molecule has 0 fully saturated rings. The van der Waals surface area contributed by atoms with Crippen LogP contribution in [0.2, 0.25) is 0 Å². The molecule has 1 aromatic rings. The number of anilines is 2. The Kier molecular flexibility index (Phi) is 5.07. The number of amides is 1. The van der Waals surface area contributed by atoms with Crippen LogP contribution in [-0.2, 0) is 0 Å². The number of nitrogen functional groups attached to an aromatic ring is 1. The summed E-state index contributed by atoms with van der Waals surface area (Å²) in [6.07, 6.45) is 2.68. The zero-order valence-electron chi connectivity index (χ0n) is 10.1. The van der Waals surface area contributed by atoms with Crippen LogP contribution < -0.4 is 16.4 Å². The van der Waals surface area contributed by atoms with Crippen LogP contribution in [0.15, 0.2) is 30.9 Å². The molecular formula is C13H19N3O. The third kappa shape index (κ3) is 3.83. The molecule has 0 bridgehead atoms. The molecule has 0 radical (unpaired) electrons. The Labute approximate surface area is 102 Å². The van der Waals surface area contributed by atoms with Crippen molar-refractivity contribution in [2.24, 2.45) is 0 Å². The van der Waals surface area contributed by atoms with Crippen LogP contribution in [0.4, 0.5) is 11.4 Å². The molecule has 1 amide bonds. The second-order valence-corrected chi connectivity index (χ2v) is 3.67. The van der Waals surface area contributed by atoms with Crippen LogP contribution in [0.1, 0.15) is 23.7 Å². The predicted octanol–water partition coefficient (Wildman–Crippen LogP) is 2.01. The van der Waals surface area contributed by atoms with Gasteiger partial charge in [-0.1, -0.05) is 6.08 Å². The molecule has 0 aliphatic rings. The molecule has 0 saturated carbocycles. The molecule has 0 atom stereocenters. The lowest BCUT2D eigenvalue weighted by Gasteiger charge is -2.10. The standard InChI is InChI=1S/C13H19N3O/c1-3-5-8-16-12-9-10(6-7-11(12)14)13(17)15-4-2/h3,6-7,9,16H,1,4-5,8,14H2,2H3,(H,15,17). The lowest BCUT2D eigenvalue weighted by Crippen LogP contribution is -2.22. The Morgan fingerprint density at radius 2 is 2.29 bits per heavy atom. The van der Waals surface area contributed by atoms with Crippen molar-refractivity contribution in [3.05, 3.63) is 36.4 Å². The van der Waals surface area contributed by atoms with E-state index in [1.807, 2.05) is 13.0 Å². The van der Waals surface area contributed by atoms with Gasteiger partial charge in [0.05, 0.1) is 11.4 Å². The summed E-state index contributed by atoms with van der Waals surface area (Å²) >= 11 is 0. The number of hydrogen-bond acceptors (Lipinski definition) is 3. The first-order valence-electron chi connectivity index (χ1n) is 5.71. The van der Waals surface area contributed by atoms with E-state index >= 15 is 0 Å². The summed E-state index contributed by atoms with van der Waals surface area (Å²) in [5.74, 6) is -0.0840. The van der Waals surface area contributed by atoms with Gasteiger partial charge in [0, 0.05) is 18.7 Å². The normalized spacial score (nSPS) is 9.71. The number of benzene rings is 1. The number of nitrogens with two attached hydrogens (primary N) is 1. The van der Waals surface area contributed by atoms with E-state index < -0.39 is 0 Å². The molecule has 0 heterocycles. The molecule has 0 aromatic heterocycles. The van der Waals surface area contributed by atoms with E-state index in [9.17, 15) is 4.79 Å². The van der Waals surface area contributed by atoms with Gasteiger partial charge in [-0.2, -0.15) is 0 Å². The third-order valence-corrected chi connectivity index (χ3v) is 2.32. The summed E-state index contributed by atoms with van der Waals surface area (Å²) in [6.45, 7) is 6.91. The highest BCUT2D eigenvalue weighted by atomic mass is 16.1. The van der Waals surface area contributed by atoms with Gasteiger partial charge in [0.1, 0.15) is 0 Å². The van der Waals surface area contributed by atoms with E-state index in [-0.39, 0.29) is 5.91 Å². The van der Waals surface area contributed by atoms with Crippen LogP contribution in [0.3, 0.4) is 0 Å². The Morgan fingerprint density at radius 1 is 1.53 bits per heavy atom. The van der Waals surface area contributed by atoms with Gasteiger partial charge in [-0.3, -0.25) is 4.79 Å². The van der Waals surface area contributed by atoms with E-state index in [1.165, 1.54) is 0 Å². The van der Waals surface area contributed by atoms with E-state index in [2.05, 4.69) is 17.2 Å². The third-order valence-electron chi connectivity index (χ3n) is 2.32. The minimum Gasteiger partial charge on any atom is -0.397 e. The van der Waals surface area contributed by atoms with Crippen molar-refractivity contribution < 1.29 is 4.79 Å². The van der Waals surface area contributed by atoms with Crippen molar-refractivity contribution in [1.82, 2.24) is 5.32 Å². The Hall–Kier alpha value is -1.97. The molecule has 0 aliphatic heterocycles. The summed E-state index contributed by atoms with van der Waals surface area (Å²) in [6, 6.07) is 5.23. The Balaban J connectivity index is 2.78. The maximum absolute atomic E-state index is 11.6. The predicted molar refractivity (Wildman–Crippen MR) is 72.2 cm³/mol. The lowest BCUT2D eigenvalue weighted by atomic mass is 10.1. The number of rotatable bonds is 6. The Bertz CT molecular complexity index is 402. The first kappa shape index (κ1) is 13.1. The van der Waals surface area contributed by atoms with Crippen molar-refractivity contribution in [3.8, 4) is 0 Å². The number of hydrogen-bond donors (Lipinski definition) is 3. The van der Waals surface area contributed by atoms with E-state index in [0.29, 0.717) is 17.8 Å². The van der Waals surface area contributed by atoms with Crippen molar-refractivity contribution in [3.63, 3.8) is 0 Å². The van der Waals surface area contributed by atoms with Crippen LogP contribution in [0.5, 0.6) is 0 Å². The zero-order valence-corrected chi connectivity index (χ0v) is 10.1. The van der Waals surface area contributed by atoms with Crippen molar-refractivity contribution >= 4 is 17.3 Å². The fourth-order valence-electron chi connectivity index (χ4n) is 1.42. The van der Waals surface area contributed by atoms with Crippen molar-refractivity contribution in [2.45, 2.75) is 13.3 Å². The fourth-order valence-corrected chi connectivity index (χ4v) is 1.42. The highest BCUT2D eigenvalue weighted by molar-refractivity contribution is 5.96. The molecule has 0 saturated heterocycles. The maximum atomic E-state index is 11.6. The van der Waals surface area contributed by atoms with E-state index in [1.54, 1.807) is 18.2 Å². The minimum atomic E-state index is -0.0840. The molecular weight excluding hydrogens is 214 g/mol. The number of carbonyl (C=O) groups is 1. The minimum absolute atomic E-state index is 0.0840. The largest absolute Gasteiger partial charge is 0.397 e. The summed E-state index contributed by atoms with van der Waals surface area (Å²) in [5.41, 5.74) is 7.87. The summed E-state index contributed by atoms with van der Waals surface area (Å²) in [7, 11) is 0. The molecule has 4 nitrogen and oxygen atoms in total. The van der Waals surface area contributed by atoms with Crippen LogP contribution in [-0.4, -0.2) is 19.0 Å². The maximum Gasteiger partial charge on any atom is 0.251 e. The fraction of sp³-hybridized carbons (Fsp3) is 0.308. The summed E-state index contributed by atoms with van der Waals surface area (Å²) in [5, 5.41) is 5.93. The van der Waals surface area contributed by atoms with Crippen LogP contribution >= 0.6 is 0 Å². The average Bonchev–Trinajstić information content (AvgIpc) is 2.32. The monoisotopic (exact) mass is 233 g/mol. The van der Waals surface area contributed by atoms with Gasteiger partial charge in [-0.05, 0) is 31.5 Å². The smallest absolute Gasteiger partial charge is 0.251 e. The van der Waals surface area contributed by atoms with E-state index in [4.69, 9.17) is 5.73 Å². The van der Waals surface area contributed by atoms with Crippen LogP contribution in [0, 0.1) is 0 Å². The second kappa shape index (κ2) is 6.58. The molecule has 4 N–H and O–H groups in total. The van der Waals surface area contributed by atoms with Crippen molar-refractivity contribution in [1.29, 1.82) is 0 Å². The van der Waals surface area contributed by atoms with Gasteiger partial charge in [0.25, 0.3) is 5.91 Å². The molecule has 0 unspecified atom stereocenters.